The fraction of sp³-hybridized carbons (Fsp3) is 0.333. The van der Waals surface area contributed by atoms with Crippen molar-refractivity contribution < 1.29 is 19.4 Å². The van der Waals surface area contributed by atoms with E-state index in [0.29, 0.717) is 19.4 Å². The summed E-state index contributed by atoms with van der Waals surface area (Å²) in [5, 5.41) is 9.28. The van der Waals surface area contributed by atoms with Crippen LogP contribution >= 0.6 is 0 Å². The van der Waals surface area contributed by atoms with Crippen LogP contribution in [0.4, 0.5) is 0 Å². The Labute approximate surface area is 152 Å². The smallest absolute Gasteiger partial charge is 0.320 e. The lowest BCUT2D eigenvalue weighted by Gasteiger charge is -2.13. The summed E-state index contributed by atoms with van der Waals surface area (Å²) in [6.07, 6.45) is 2.35. The van der Waals surface area contributed by atoms with E-state index in [1.807, 2.05) is 24.3 Å². The zero-order valence-corrected chi connectivity index (χ0v) is 14.6. The van der Waals surface area contributed by atoms with Crippen LogP contribution in [0.5, 0.6) is 0 Å². The molecule has 0 saturated carbocycles. The number of ether oxygens (including phenoxy) is 1. The minimum atomic E-state index is -1.14. The maximum absolute atomic E-state index is 12.2. The monoisotopic (exact) mass is 353 g/mol. The molecule has 3 rings (SSSR count). The van der Waals surface area contributed by atoms with E-state index in [0.717, 1.165) is 23.1 Å². The Balaban J connectivity index is 1.69. The minimum Gasteiger partial charge on any atom is -0.481 e. The molecule has 5 nitrogen and oxygen atoms in total. The van der Waals surface area contributed by atoms with Gasteiger partial charge in [0.15, 0.2) is 5.92 Å². The highest BCUT2D eigenvalue weighted by Gasteiger charge is 2.28. The zero-order chi connectivity index (χ0) is 18.5. The highest BCUT2D eigenvalue weighted by Crippen LogP contribution is 2.38. The van der Waals surface area contributed by atoms with Crippen molar-refractivity contribution in [1.82, 2.24) is 0 Å². The summed E-state index contributed by atoms with van der Waals surface area (Å²) in [7, 11) is 0. The molecule has 0 spiro atoms. The molecule has 1 aliphatic carbocycles. The summed E-state index contributed by atoms with van der Waals surface area (Å²) in [6.45, 7) is 0.578. The number of nitrogens with two attached hydrogens (primary N) is 1. The molecular weight excluding hydrogens is 330 g/mol. The van der Waals surface area contributed by atoms with Crippen LogP contribution in [0.15, 0.2) is 42.5 Å². The lowest BCUT2D eigenvalue weighted by atomic mass is 10.0. The molecule has 0 radical (unpaired) electrons. The molecule has 3 N–H and O–H groups in total. The van der Waals surface area contributed by atoms with Crippen molar-refractivity contribution in [2.75, 3.05) is 6.54 Å². The van der Waals surface area contributed by atoms with Gasteiger partial charge in [-0.25, -0.2) is 0 Å². The van der Waals surface area contributed by atoms with Crippen molar-refractivity contribution in [3.8, 4) is 11.1 Å². The minimum absolute atomic E-state index is 0.0939. The number of carbonyl (C=O) groups excluding carboxylic acids is 1. The summed E-state index contributed by atoms with van der Waals surface area (Å²) in [5.74, 6) is -2.95. The van der Waals surface area contributed by atoms with E-state index in [9.17, 15) is 14.7 Å². The Morgan fingerprint density at radius 3 is 2.62 bits per heavy atom. The van der Waals surface area contributed by atoms with Gasteiger partial charge in [0.25, 0.3) is 0 Å². The van der Waals surface area contributed by atoms with Gasteiger partial charge in [0.05, 0.1) is 0 Å². The third kappa shape index (κ3) is 3.78. The van der Waals surface area contributed by atoms with E-state index in [-0.39, 0.29) is 13.0 Å². The van der Waals surface area contributed by atoms with Crippen molar-refractivity contribution in [3.63, 3.8) is 0 Å². The van der Waals surface area contributed by atoms with Crippen molar-refractivity contribution in [3.05, 3.63) is 59.2 Å². The Kier molecular flexibility index (Phi) is 5.68. The number of hydrogen-bond donors (Lipinski definition) is 2. The summed E-state index contributed by atoms with van der Waals surface area (Å²) < 4.78 is 5.36. The fourth-order valence-electron chi connectivity index (χ4n) is 3.44. The van der Waals surface area contributed by atoms with Gasteiger partial charge in [-0.1, -0.05) is 48.9 Å². The summed E-state index contributed by atoms with van der Waals surface area (Å²) in [4.78, 5) is 23.6. The van der Waals surface area contributed by atoms with Gasteiger partial charge in [0, 0.05) is 0 Å². The van der Waals surface area contributed by atoms with Gasteiger partial charge in [-0.05, 0) is 53.6 Å². The average Bonchev–Trinajstić information content (AvgIpc) is 3.02. The first-order valence-corrected chi connectivity index (χ1v) is 8.90. The van der Waals surface area contributed by atoms with E-state index in [1.165, 1.54) is 11.1 Å². The number of benzene rings is 2. The summed E-state index contributed by atoms with van der Waals surface area (Å²) in [6, 6.07) is 14.2. The third-order valence-electron chi connectivity index (χ3n) is 4.85. The summed E-state index contributed by atoms with van der Waals surface area (Å²) in [5.41, 5.74) is 11.1. The topological polar surface area (TPSA) is 89.6 Å². The maximum atomic E-state index is 12.2. The predicted octanol–water partition coefficient (Wildman–Crippen LogP) is 3.13. The van der Waals surface area contributed by atoms with E-state index < -0.39 is 17.9 Å². The van der Waals surface area contributed by atoms with E-state index in [4.69, 9.17) is 10.5 Å². The maximum Gasteiger partial charge on any atom is 0.320 e. The van der Waals surface area contributed by atoms with Gasteiger partial charge in [-0.2, -0.15) is 0 Å². The van der Waals surface area contributed by atoms with Crippen LogP contribution in [0.1, 0.15) is 36.0 Å². The van der Waals surface area contributed by atoms with Crippen LogP contribution in [0.2, 0.25) is 0 Å². The number of esters is 1. The average molecular weight is 353 g/mol. The van der Waals surface area contributed by atoms with E-state index in [2.05, 4.69) is 18.2 Å². The van der Waals surface area contributed by atoms with Gasteiger partial charge in [-0.15, -0.1) is 0 Å². The number of carboxylic acid groups (broad SMARTS) is 1. The van der Waals surface area contributed by atoms with Crippen LogP contribution < -0.4 is 5.73 Å². The molecule has 0 saturated heterocycles. The van der Waals surface area contributed by atoms with Crippen molar-refractivity contribution >= 4 is 11.9 Å². The number of hydrogen-bond acceptors (Lipinski definition) is 4. The van der Waals surface area contributed by atoms with Gasteiger partial charge in [0.2, 0.25) is 0 Å². The number of unbranched alkanes of at least 4 members (excludes halogenated alkanes) is 1. The predicted molar refractivity (Wildman–Crippen MR) is 98.5 cm³/mol. The molecule has 26 heavy (non-hydrogen) atoms. The lowest BCUT2D eigenvalue weighted by Crippen LogP contribution is -2.26. The van der Waals surface area contributed by atoms with Gasteiger partial charge < -0.3 is 15.6 Å². The van der Waals surface area contributed by atoms with Crippen molar-refractivity contribution in [2.45, 2.75) is 32.3 Å². The van der Waals surface area contributed by atoms with Crippen LogP contribution in [-0.2, 0) is 27.4 Å². The number of aliphatic carboxylic acids is 1. The molecule has 0 bridgehead atoms. The fourth-order valence-corrected chi connectivity index (χ4v) is 3.44. The first kappa shape index (κ1) is 18.1. The normalized spacial score (nSPS) is 13.0. The highest BCUT2D eigenvalue weighted by molar-refractivity contribution is 5.93. The van der Waals surface area contributed by atoms with E-state index in [1.54, 1.807) is 0 Å². The molecule has 1 aliphatic rings. The molecule has 1 unspecified atom stereocenters. The van der Waals surface area contributed by atoms with Gasteiger partial charge in [0.1, 0.15) is 6.61 Å². The van der Waals surface area contributed by atoms with Gasteiger partial charge >= 0.3 is 11.9 Å². The standard InChI is InChI=1S/C21H23NO4/c22-11-4-3-9-18(20(23)24)21(25)26-13-15-7-5-10-17-16-8-2-1-6-14(16)12-19(15)17/h1-2,5-8,10,18H,3-4,9,11-13,22H2,(H,23,24). The highest BCUT2D eigenvalue weighted by atomic mass is 16.5. The molecular formula is C21H23NO4. The zero-order valence-electron chi connectivity index (χ0n) is 14.6. The third-order valence-corrected chi connectivity index (χ3v) is 4.85. The second kappa shape index (κ2) is 8.15. The Morgan fingerprint density at radius 1 is 1.08 bits per heavy atom. The number of fused-ring (bicyclic) bond motifs is 3. The molecule has 2 aromatic carbocycles. The Morgan fingerprint density at radius 2 is 1.85 bits per heavy atom. The van der Waals surface area contributed by atoms with Crippen LogP contribution in [-0.4, -0.2) is 23.6 Å². The molecule has 1 atom stereocenters. The quantitative estimate of drug-likeness (QED) is 0.369. The van der Waals surface area contributed by atoms with Crippen LogP contribution in [0.25, 0.3) is 11.1 Å². The van der Waals surface area contributed by atoms with Crippen LogP contribution in [0.3, 0.4) is 0 Å². The van der Waals surface area contributed by atoms with E-state index >= 15 is 0 Å². The SMILES string of the molecule is NCCCCC(C(=O)O)C(=O)OCc1cccc2c1Cc1ccccc1-2. The molecule has 0 aliphatic heterocycles. The van der Waals surface area contributed by atoms with Crippen LogP contribution in [0, 0.1) is 5.92 Å². The molecule has 0 amide bonds. The molecule has 0 heterocycles. The van der Waals surface area contributed by atoms with Gasteiger partial charge in [-0.3, -0.25) is 9.59 Å². The number of rotatable bonds is 8. The lowest BCUT2D eigenvalue weighted by molar-refractivity contribution is -0.160. The molecule has 136 valence electrons. The Bertz CT molecular complexity index is 815. The largest absolute Gasteiger partial charge is 0.481 e. The molecule has 0 fully saturated rings. The summed E-state index contributed by atoms with van der Waals surface area (Å²) >= 11 is 0. The number of carboxylic acids is 1. The Hall–Kier alpha value is -2.66. The molecule has 0 aromatic heterocycles. The second-order valence-electron chi connectivity index (χ2n) is 6.56. The van der Waals surface area contributed by atoms with Crippen molar-refractivity contribution in [1.29, 1.82) is 0 Å². The molecule has 2 aromatic rings. The number of carbonyl (C=O) groups is 2. The second-order valence-corrected chi connectivity index (χ2v) is 6.56. The first-order chi connectivity index (χ1) is 12.6. The van der Waals surface area contributed by atoms with Crippen molar-refractivity contribution in [2.24, 2.45) is 11.7 Å². The first-order valence-electron chi connectivity index (χ1n) is 8.90. The molecule has 5 heteroatoms.